The summed E-state index contributed by atoms with van der Waals surface area (Å²) in [4.78, 5) is 9.31. The summed E-state index contributed by atoms with van der Waals surface area (Å²) < 4.78 is 50.3. The van der Waals surface area contributed by atoms with Gasteiger partial charge < -0.3 is 14.4 Å². The van der Waals surface area contributed by atoms with Crippen molar-refractivity contribution in [1.29, 1.82) is 0 Å². The van der Waals surface area contributed by atoms with Crippen molar-refractivity contribution in [2.24, 2.45) is 20.0 Å². The molecule has 1 N–H and O–H groups in total. The maximum absolute atomic E-state index is 15.6. The smallest absolute Gasteiger partial charge is 0.146 e. The molecule has 5 aromatic heterocycles. The van der Waals surface area contributed by atoms with E-state index in [4.69, 9.17) is 13.8 Å². The van der Waals surface area contributed by atoms with Crippen LogP contribution in [0.2, 0.25) is 0 Å². The van der Waals surface area contributed by atoms with Crippen molar-refractivity contribution in [3.05, 3.63) is 53.5 Å². The number of halogens is 1. The van der Waals surface area contributed by atoms with Crippen LogP contribution in [0.5, 0.6) is 0 Å². The van der Waals surface area contributed by atoms with Crippen LogP contribution in [-0.2, 0) is 24.4 Å². The van der Waals surface area contributed by atoms with Crippen molar-refractivity contribution in [3.8, 4) is 11.3 Å². The number of rotatable bonds is 5. The topological polar surface area (TPSA) is 109 Å². The lowest BCUT2D eigenvalue weighted by atomic mass is 9.88. The van der Waals surface area contributed by atoms with Crippen molar-refractivity contribution in [3.63, 3.8) is 0 Å². The van der Waals surface area contributed by atoms with Crippen LogP contribution < -0.4 is 0 Å². The van der Waals surface area contributed by atoms with E-state index in [0.717, 1.165) is 0 Å². The van der Waals surface area contributed by atoms with Gasteiger partial charge in [-0.15, -0.1) is 5.10 Å². The molecule has 0 saturated carbocycles. The van der Waals surface area contributed by atoms with Crippen LogP contribution in [0.1, 0.15) is 53.9 Å². The van der Waals surface area contributed by atoms with Crippen molar-refractivity contribution in [2.75, 3.05) is 13.2 Å². The molecule has 0 bridgehead atoms. The first-order valence-electron chi connectivity index (χ1n) is 14.1. The summed E-state index contributed by atoms with van der Waals surface area (Å²) in [6.45, 7) is 1.87. The first-order valence-corrected chi connectivity index (χ1v) is 12.6. The molecule has 5 aromatic rings. The van der Waals surface area contributed by atoms with Crippen LogP contribution in [0.15, 0.2) is 30.6 Å². The van der Waals surface area contributed by atoms with E-state index < -0.39 is 24.3 Å². The van der Waals surface area contributed by atoms with Crippen LogP contribution in [0.4, 0.5) is 4.39 Å². The zero-order valence-corrected chi connectivity index (χ0v) is 21.7. The van der Waals surface area contributed by atoms with Gasteiger partial charge in [-0.05, 0) is 57.7 Å². The molecule has 6 rings (SSSR count). The van der Waals surface area contributed by atoms with Gasteiger partial charge in [0, 0.05) is 49.4 Å². The van der Waals surface area contributed by atoms with Gasteiger partial charge in [0.2, 0.25) is 0 Å². The van der Waals surface area contributed by atoms with Crippen LogP contribution >= 0.6 is 0 Å². The van der Waals surface area contributed by atoms with E-state index in [9.17, 15) is 5.11 Å². The van der Waals surface area contributed by atoms with Gasteiger partial charge in [-0.3, -0.25) is 14.6 Å². The average Bonchev–Trinajstić information content (AvgIpc) is 3.57. The lowest BCUT2D eigenvalue weighted by molar-refractivity contribution is 0.0538. The third kappa shape index (κ3) is 3.80. The molecular weight excluding hydrogens is 487 g/mol. The Morgan fingerprint density at radius 2 is 1.97 bits per heavy atom. The predicted molar refractivity (Wildman–Crippen MR) is 140 cm³/mol. The highest BCUT2D eigenvalue weighted by Gasteiger charge is 2.37. The van der Waals surface area contributed by atoms with Gasteiger partial charge in [0.05, 0.1) is 34.2 Å². The molecule has 6 heterocycles. The SMILES string of the molecule is [2H]C([2H])([2H])c1nnn(C)c1-c1cnc2c3c(c(C(C)(C)O)nn3C)n([C@H](c3ncccc3F)C3CCOCC3)c2c1. The monoisotopic (exact) mass is 521 g/mol. The Hall–Kier alpha value is -3.70. The van der Waals surface area contributed by atoms with Crippen LogP contribution in [0, 0.1) is 18.6 Å². The van der Waals surface area contributed by atoms with Crippen LogP contribution in [-0.4, -0.2) is 57.6 Å². The fraction of sp³-hybridized carbons (Fsp3) is 0.444. The summed E-state index contributed by atoms with van der Waals surface area (Å²) in [5, 5.41) is 23.8. The minimum Gasteiger partial charge on any atom is -0.384 e. The molecule has 1 fully saturated rings. The van der Waals surface area contributed by atoms with E-state index in [1.165, 1.54) is 10.7 Å². The van der Waals surface area contributed by atoms with Gasteiger partial charge in [0.15, 0.2) is 0 Å². The highest BCUT2D eigenvalue weighted by molar-refractivity contribution is 6.06. The number of hydrogen-bond acceptors (Lipinski definition) is 7. The molecule has 0 aliphatic carbocycles. The Morgan fingerprint density at radius 1 is 1.18 bits per heavy atom. The van der Waals surface area contributed by atoms with Crippen molar-refractivity contribution >= 4 is 22.1 Å². The summed E-state index contributed by atoms with van der Waals surface area (Å²) >= 11 is 0. The second kappa shape index (κ2) is 8.95. The van der Waals surface area contributed by atoms with Gasteiger partial charge in [0.25, 0.3) is 0 Å². The average molecular weight is 522 g/mol. The summed E-state index contributed by atoms with van der Waals surface area (Å²) in [6, 6.07) is 4.19. The first-order chi connectivity index (χ1) is 19.4. The Morgan fingerprint density at radius 3 is 2.68 bits per heavy atom. The number of pyridine rings is 2. The number of aliphatic hydroxyl groups is 1. The van der Waals surface area contributed by atoms with E-state index in [1.54, 1.807) is 51.1 Å². The number of fused-ring (bicyclic) bond motifs is 3. The Labute approximate surface area is 223 Å². The molecule has 1 atom stereocenters. The van der Waals surface area contributed by atoms with Gasteiger partial charge in [-0.25, -0.2) is 9.07 Å². The number of nitrogens with zero attached hydrogens (tertiary/aromatic N) is 8. The number of aromatic nitrogens is 8. The minimum absolute atomic E-state index is 0.0539. The second-order valence-corrected chi connectivity index (χ2v) is 10.4. The van der Waals surface area contributed by atoms with Crippen molar-refractivity contribution in [1.82, 2.24) is 39.3 Å². The lowest BCUT2D eigenvalue weighted by Gasteiger charge is -2.32. The Bertz CT molecular complexity index is 1760. The van der Waals surface area contributed by atoms with E-state index in [0.29, 0.717) is 65.1 Å². The second-order valence-electron chi connectivity index (χ2n) is 10.4. The maximum atomic E-state index is 15.6. The summed E-state index contributed by atoms with van der Waals surface area (Å²) in [5.74, 6) is -0.501. The third-order valence-electron chi connectivity index (χ3n) is 7.35. The molecular formula is C27H31FN8O2. The molecule has 198 valence electrons. The third-order valence-corrected chi connectivity index (χ3v) is 7.35. The summed E-state index contributed by atoms with van der Waals surface area (Å²) in [7, 11) is 3.40. The molecule has 38 heavy (non-hydrogen) atoms. The quantitative estimate of drug-likeness (QED) is 0.375. The largest absolute Gasteiger partial charge is 0.384 e. The predicted octanol–water partition coefficient (Wildman–Crippen LogP) is 3.80. The lowest BCUT2D eigenvalue weighted by Crippen LogP contribution is -2.29. The molecule has 0 radical (unpaired) electrons. The molecule has 0 aromatic carbocycles. The van der Waals surface area contributed by atoms with E-state index in [-0.39, 0.29) is 17.3 Å². The molecule has 0 unspecified atom stereocenters. The zero-order valence-electron chi connectivity index (χ0n) is 24.7. The van der Waals surface area contributed by atoms with Crippen LogP contribution in [0.3, 0.4) is 0 Å². The molecule has 1 aliphatic rings. The first kappa shape index (κ1) is 21.3. The maximum Gasteiger partial charge on any atom is 0.146 e. The Kier molecular flexibility index (Phi) is 5.01. The highest BCUT2D eigenvalue weighted by Crippen LogP contribution is 2.43. The number of hydrogen-bond donors (Lipinski definition) is 1. The van der Waals surface area contributed by atoms with E-state index >= 15 is 4.39 Å². The van der Waals surface area contributed by atoms with Gasteiger partial charge in [-0.2, -0.15) is 5.10 Å². The van der Waals surface area contributed by atoms with E-state index in [2.05, 4.69) is 20.4 Å². The van der Waals surface area contributed by atoms with Crippen molar-refractivity contribution in [2.45, 2.75) is 45.2 Å². The highest BCUT2D eigenvalue weighted by atomic mass is 19.1. The van der Waals surface area contributed by atoms with Crippen molar-refractivity contribution < 1.29 is 18.3 Å². The van der Waals surface area contributed by atoms with Gasteiger partial charge in [-0.1, -0.05) is 5.21 Å². The molecule has 0 spiro atoms. The minimum atomic E-state index is -2.50. The normalized spacial score (nSPS) is 17.6. The standard InChI is InChI=1S/C27H31FN8O2/c1-15-22(35(5)33-31-15)17-13-19-21(30-14-17)24-25(26(27(2,3)37)32-34(24)4)36(19)23(16-8-11-38-12-9-16)20-18(28)7-6-10-29-20/h6-7,10,13-14,16,23,37H,8-9,11-12H2,1-5H3/t23-/m0/s1/i1D3. The summed E-state index contributed by atoms with van der Waals surface area (Å²) in [6.07, 6.45) is 4.49. The fourth-order valence-corrected chi connectivity index (χ4v) is 5.66. The van der Waals surface area contributed by atoms with Gasteiger partial charge in [0.1, 0.15) is 28.1 Å². The molecule has 1 aliphatic heterocycles. The summed E-state index contributed by atoms with van der Waals surface area (Å²) in [5.41, 5.74) is 2.47. The zero-order chi connectivity index (χ0) is 29.3. The molecule has 0 amide bonds. The fourth-order valence-electron chi connectivity index (χ4n) is 5.66. The number of ether oxygens (including phenoxy) is 1. The molecule has 10 nitrogen and oxygen atoms in total. The Balaban J connectivity index is 1.74. The molecule has 11 heteroatoms. The van der Waals surface area contributed by atoms with Crippen LogP contribution in [0.25, 0.3) is 33.3 Å². The molecule has 1 saturated heterocycles. The number of aryl methyl sites for hydroxylation is 3. The van der Waals surface area contributed by atoms with Gasteiger partial charge >= 0.3 is 0 Å². The van der Waals surface area contributed by atoms with E-state index in [1.807, 2.05) is 10.6 Å².